The maximum absolute atomic E-state index is 4.26. The molecule has 1 aliphatic rings. The second-order valence-electron chi connectivity index (χ2n) is 2.18. The fourth-order valence-corrected chi connectivity index (χ4v) is 0.747. The molecule has 1 aliphatic heterocycles. The highest BCUT2D eigenvalue weighted by atomic mass is 15.1. The maximum Gasteiger partial charge on any atom is 0.116 e. The van der Waals surface area contributed by atoms with Gasteiger partial charge in [0.2, 0.25) is 0 Å². The molecule has 1 atom stereocenters. The second-order valence-corrected chi connectivity index (χ2v) is 2.18. The van der Waals surface area contributed by atoms with E-state index in [0.717, 1.165) is 12.3 Å². The average Bonchev–Trinajstić information content (AvgIpc) is 1.93. The topological polar surface area (TPSA) is 36.8 Å². The van der Waals surface area contributed by atoms with Crippen molar-refractivity contribution in [2.45, 2.75) is 20.0 Å². The predicted octanol–water partition coefficient (Wildman–Crippen LogP) is 0.425. The van der Waals surface area contributed by atoms with Crippen molar-refractivity contribution in [2.75, 3.05) is 6.54 Å². The molecule has 0 radical (unpaired) electrons. The lowest BCUT2D eigenvalue weighted by Gasteiger charge is -2.01. The van der Waals surface area contributed by atoms with Gasteiger partial charge in [-0.2, -0.15) is 0 Å². The molecule has 0 bridgehead atoms. The summed E-state index contributed by atoms with van der Waals surface area (Å²) in [5.74, 6) is 0. The highest BCUT2D eigenvalue weighted by Gasteiger charge is 1.98. The molecule has 0 aromatic rings. The van der Waals surface area contributed by atoms with E-state index in [2.05, 4.69) is 15.3 Å². The molecule has 0 fully saturated rings. The molecule has 0 saturated carbocycles. The van der Waals surface area contributed by atoms with Gasteiger partial charge in [-0.1, -0.05) is 0 Å². The van der Waals surface area contributed by atoms with E-state index in [1.807, 2.05) is 13.8 Å². The fourth-order valence-electron chi connectivity index (χ4n) is 0.747. The first-order valence-electron chi connectivity index (χ1n) is 3.06. The van der Waals surface area contributed by atoms with Crippen LogP contribution in [0.1, 0.15) is 13.8 Å². The zero-order valence-corrected chi connectivity index (χ0v) is 5.76. The Hall–Kier alpha value is -0.860. The van der Waals surface area contributed by atoms with Crippen molar-refractivity contribution in [3.8, 4) is 0 Å². The van der Waals surface area contributed by atoms with E-state index in [-0.39, 0.29) is 6.17 Å². The Kier molecular flexibility index (Phi) is 1.82. The molecule has 0 amide bonds. The van der Waals surface area contributed by atoms with Crippen molar-refractivity contribution >= 4 is 12.1 Å². The molecule has 3 heteroatoms. The first-order valence-corrected chi connectivity index (χ1v) is 3.06. The summed E-state index contributed by atoms with van der Waals surface area (Å²) in [5, 5.41) is 3.00. The summed E-state index contributed by atoms with van der Waals surface area (Å²) in [6.07, 6.45) is 1.90. The molecular formula is C6H11N3. The molecule has 1 unspecified atom stereocenters. The SMILES string of the molecule is CC1=NC(C)NC=NC1. The lowest BCUT2D eigenvalue weighted by molar-refractivity contribution is 0.714. The summed E-state index contributed by atoms with van der Waals surface area (Å²) < 4.78 is 0. The number of nitrogens with one attached hydrogen (secondary N) is 1. The summed E-state index contributed by atoms with van der Waals surface area (Å²) in [6.45, 7) is 4.72. The minimum atomic E-state index is 0.191. The Bertz CT molecular complexity index is 148. The number of nitrogens with zero attached hydrogens (tertiary/aromatic N) is 2. The Morgan fingerprint density at radius 2 is 2.56 bits per heavy atom. The summed E-state index contributed by atoms with van der Waals surface area (Å²) in [4.78, 5) is 8.29. The van der Waals surface area contributed by atoms with Crippen LogP contribution in [0.4, 0.5) is 0 Å². The van der Waals surface area contributed by atoms with Gasteiger partial charge >= 0.3 is 0 Å². The van der Waals surface area contributed by atoms with Crippen LogP contribution >= 0.6 is 0 Å². The molecule has 0 aromatic carbocycles. The van der Waals surface area contributed by atoms with E-state index in [4.69, 9.17) is 0 Å². The number of rotatable bonds is 0. The zero-order chi connectivity index (χ0) is 6.69. The quantitative estimate of drug-likeness (QED) is 0.500. The van der Waals surface area contributed by atoms with E-state index in [1.54, 1.807) is 6.34 Å². The van der Waals surface area contributed by atoms with Crippen molar-refractivity contribution in [2.24, 2.45) is 9.98 Å². The van der Waals surface area contributed by atoms with E-state index in [9.17, 15) is 0 Å². The van der Waals surface area contributed by atoms with Crippen LogP contribution < -0.4 is 5.32 Å². The molecule has 1 rings (SSSR count). The number of aliphatic imine (C=N–C) groups is 2. The molecule has 9 heavy (non-hydrogen) atoms. The monoisotopic (exact) mass is 125 g/mol. The van der Waals surface area contributed by atoms with E-state index in [1.165, 1.54) is 0 Å². The molecule has 1 N–H and O–H groups in total. The average molecular weight is 125 g/mol. The number of hydrogen-bond donors (Lipinski definition) is 1. The van der Waals surface area contributed by atoms with E-state index < -0.39 is 0 Å². The Balaban J connectivity index is 2.62. The molecule has 1 heterocycles. The van der Waals surface area contributed by atoms with Gasteiger partial charge in [-0.05, 0) is 13.8 Å². The van der Waals surface area contributed by atoms with Crippen molar-refractivity contribution < 1.29 is 0 Å². The lowest BCUT2D eigenvalue weighted by Crippen LogP contribution is -2.21. The normalized spacial score (nSPS) is 26.4. The van der Waals surface area contributed by atoms with Crippen molar-refractivity contribution in [3.05, 3.63) is 0 Å². The van der Waals surface area contributed by atoms with Crippen molar-refractivity contribution in [1.82, 2.24) is 5.32 Å². The van der Waals surface area contributed by atoms with Crippen LogP contribution in [0.15, 0.2) is 9.98 Å². The zero-order valence-electron chi connectivity index (χ0n) is 5.76. The third kappa shape index (κ3) is 1.83. The molecule has 0 saturated heterocycles. The molecule has 0 spiro atoms. The van der Waals surface area contributed by atoms with Crippen LogP contribution in [0.5, 0.6) is 0 Å². The van der Waals surface area contributed by atoms with Gasteiger partial charge in [0.25, 0.3) is 0 Å². The highest BCUT2D eigenvalue weighted by molar-refractivity contribution is 5.85. The fraction of sp³-hybridized carbons (Fsp3) is 0.667. The highest BCUT2D eigenvalue weighted by Crippen LogP contribution is 1.89. The van der Waals surface area contributed by atoms with Gasteiger partial charge < -0.3 is 5.32 Å². The lowest BCUT2D eigenvalue weighted by atomic mass is 10.4. The van der Waals surface area contributed by atoms with Crippen LogP contribution in [-0.2, 0) is 0 Å². The molecule has 0 aromatic heterocycles. The maximum atomic E-state index is 4.26. The molecule has 50 valence electrons. The Morgan fingerprint density at radius 1 is 1.78 bits per heavy atom. The summed E-state index contributed by atoms with van der Waals surface area (Å²) in [7, 11) is 0. The molecule has 0 aliphatic carbocycles. The standard InChI is InChI=1S/C6H11N3/c1-5-3-7-4-8-6(2)9-5/h4,6H,3H2,1-2H3,(H,7,8). The van der Waals surface area contributed by atoms with Crippen LogP contribution in [0.2, 0.25) is 0 Å². The van der Waals surface area contributed by atoms with E-state index >= 15 is 0 Å². The smallest absolute Gasteiger partial charge is 0.116 e. The van der Waals surface area contributed by atoms with Gasteiger partial charge in [-0.15, -0.1) is 0 Å². The predicted molar refractivity (Wildman–Crippen MR) is 39.1 cm³/mol. The van der Waals surface area contributed by atoms with Gasteiger partial charge in [-0.3, -0.25) is 9.98 Å². The van der Waals surface area contributed by atoms with Crippen molar-refractivity contribution in [1.29, 1.82) is 0 Å². The van der Waals surface area contributed by atoms with Gasteiger partial charge in [0.1, 0.15) is 6.17 Å². The third-order valence-corrected chi connectivity index (χ3v) is 1.14. The largest absolute Gasteiger partial charge is 0.355 e. The number of hydrogen-bond acceptors (Lipinski definition) is 3. The third-order valence-electron chi connectivity index (χ3n) is 1.14. The summed E-state index contributed by atoms with van der Waals surface area (Å²) in [6, 6.07) is 0. The van der Waals surface area contributed by atoms with Gasteiger partial charge in [0, 0.05) is 5.71 Å². The first kappa shape index (κ1) is 6.26. The first-order chi connectivity index (χ1) is 4.29. The Morgan fingerprint density at radius 3 is 3.33 bits per heavy atom. The molecular weight excluding hydrogens is 114 g/mol. The van der Waals surface area contributed by atoms with Crippen LogP contribution in [0, 0.1) is 0 Å². The minimum Gasteiger partial charge on any atom is -0.355 e. The van der Waals surface area contributed by atoms with Crippen LogP contribution in [0.25, 0.3) is 0 Å². The summed E-state index contributed by atoms with van der Waals surface area (Å²) >= 11 is 0. The summed E-state index contributed by atoms with van der Waals surface area (Å²) in [5.41, 5.74) is 1.09. The van der Waals surface area contributed by atoms with E-state index in [0.29, 0.717) is 0 Å². The van der Waals surface area contributed by atoms with Gasteiger partial charge in [0.15, 0.2) is 0 Å². The Labute approximate surface area is 54.9 Å². The second kappa shape index (κ2) is 2.62. The molecule has 3 nitrogen and oxygen atoms in total. The minimum absolute atomic E-state index is 0.191. The van der Waals surface area contributed by atoms with Gasteiger partial charge in [-0.25, -0.2) is 0 Å². The van der Waals surface area contributed by atoms with Crippen LogP contribution in [0.3, 0.4) is 0 Å². The van der Waals surface area contributed by atoms with Crippen LogP contribution in [-0.4, -0.2) is 24.8 Å². The van der Waals surface area contributed by atoms with Gasteiger partial charge in [0.05, 0.1) is 12.9 Å². The van der Waals surface area contributed by atoms with Crippen molar-refractivity contribution in [3.63, 3.8) is 0 Å².